The van der Waals surface area contributed by atoms with Crippen LogP contribution in [-0.2, 0) is 14.3 Å². The minimum absolute atomic E-state index is 0.242. The van der Waals surface area contributed by atoms with E-state index in [4.69, 9.17) is 9.47 Å². The van der Waals surface area contributed by atoms with Crippen molar-refractivity contribution in [3.63, 3.8) is 0 Å². The van der Waals surface area contributed by atoms with Crippen LogP contribution in [0.25, 0.3) is 0 Å². The Balaban J connectivity index is 2.77. The largest absolute Gasteiger partial charge is 0.468 e. The molecule has 0 aliphatic heterocycles. The summed E-state index contributed by atoms with van der Waals surface area (Å²) in [5.41, 5.74) is -0.683. The molecule has 0 aromatic carbocycles. The van der Waals surface area contributed by atoms with E-state index >= 15 is 0 Å². The normalized spacial score (nSPS) is 19.3. The molecule has 0 saturated heterocycles. The van der Waals surface area contributed by atoms with Crippen LogP contribution in [0.3, 0.4) is 0 Å². The molecule has 0 bridgehead atoms. The lowest BCUT2D eigenvalue weighted by Gasteiger charge is -2.31. The van der Waals surface area contributed by atoms with Crippen molar-refractivity contribution in [1.82, 2.24) is 5.32 Å². The summed E-state index contributed by atoms with van der Waals surface area (Å²) in [5.74, 6) is 0.0820. The summed E-state index contributed by atoms with van der Waals surface area (Å²) in [6.07, 6.45) is 3.82. The maximum Gasteiger partial charge on any atom is 0.328 e. The molecule has 1 saturated carbocycles. The van der Waals surface area contributed by atoms with Crippen molar-refractivity contribution >= 4 is 5.97 Å². The minimum Gasteiger partial charge on any atom is -0.468 e. The fraction of sp³-hybridized carbons (Fsp3) is 0.727. The average Bonchev–Trinajstić information content (AvgIpc) is 3.07. The number of rotatable bonds is 7. The molecular weight excluding hydrogens is 194 g/mol. The Morgan fingerprint density at radius 1 is 1.60 bits per heavy atom. The average molecular weight is 213 g/mol. The first-order valence-electron chi connectivity index (χ1n) is 5.14. The Kier molecular flexibility index (Phi) is 4.29. The van der Waals surface area contributed by atoms with Crippen molar-refractivity contribution in [3.8, 4) is 0 Å². The molecule has 1 unspecified atom stereocenters. The van der Waals surface area contributed by atoms with Gasteiger partial charge >= 0.3 is 5.97 Å². The van der Waals surface area contributed by atoms with Crippen LogP contribution in [0.5, 0.6) is 0 Å². The summed E-state index contributed by atoms with van der Waals surface area (Å²) in [4.78, 5) is 11.8. The van der Waals surface area contributed by atoms with Gasteiger partial charge in [0.25, 0.3) is 0 Å². The standard InChI is InChI=1S/C11H19NO3/c1-4-7-12-11(8-14-2,9-5-6-9)10(13)15-3/h4,9,12H,1,5-8H2,2-3H3. The highest BCUT2D eigenvalue weighted by Crippen LogP contribution is 2.40. The first-order valence-corrected chi connectivity index (χ1v) is 5.14. The van der Waals surface area contributed by atoms with E-state index in [1.54, 1.807) is 13.2 Å². The maximum absolute atomic E-state index is 11.8. The first-order chi connectivity index (χ1) is 7.21. The summed E-state index contributed by atoms with van der Waals surface area (Å²) in [5, 5.41) is 3.18. The van der Waals surface area contributed by atoms with Crippen molar-refractivity contribution in [2.24, 2.45) is 5.92 Å². The van der Waals surface area contributed by atoms with Crippen molar-refractivity contribution in [1.29, 1.82) is 0 Å². The Hall–Kier alpha value is -0.870. The lowest BCUT2D eigenvalue weighted by molar-refractivity contribution is -0.152. The van der Waals surface area contributed by atoms with E-state index in [-0.39, 0.29) is 5.97 Å². The van der Waals surface area contributed by atoms with Gasteiger partial charge < -0.3 is 9.47 Å². The molecule has 0 spiro atoms. The molecule has 0 aromatic heterocycles. The number of nitrogens with one attached hydrogen (secondary N) is 1. The van der Waals surface area contributed by atoms with E-state index in [0.29, 0.717) is 19.1 Å². The molecule has 0 heterocycles. The molecule has 0 aromatic rings. The first kappa shape index (κ1) is 12.2. The van der Waals surface area contributed by atoms with E-state index in [2.05, 4.69) is 11.9 Å². The van der Waals surface area contributed by atoms with Gasteiger partial charge in [0.05, 0.1) is 13.7 Å². The molecular formula is C11H19NO3. The highest BCUT2D eigenvalue weighted by molar-refractivity contribution is 5.82. The summed E-state index contributed by atoms with van der Waals surface area (Å²) in [6.45, 7) is 4.56. The molecule has 1 fully saturated rings. The van der Waals surface area contributed by atoms with Crippen molar-refractivity contribution in [2.45, 2.75) is 18.4 Å². The fourth-order valence-electron chi connectivity index (χ4n) is 1.85. The molecule has 1 aliphatic rings. The zero-order valence-electron chi connectivity index (χ0n) is 9.41. The predicted molar refractivity (Wildman–Crippen MR) is 57.5 cm³/mol. The van der Waals surface area contributed by atoms with E-state index in [9.17, 15) is 4.79 Å². The molecule has 1 aliphatic carbocycles. The second-order valence-corrected chi connectivity index (χ2v) is 3.84. The van der Waals surface area contributed by atoms with Crippen molar-refractivity contribution in [2.75, 3.05) is 27.4 Å². The molecule has 86 valence electrons. The fourth-order valence-corrected chi connectivity index (χ4v) is 1.85. The third-order valence-electron chi connectivity index (χ3n) is 2.76. The van der Waals surface area contributed by atoms with Crippen LogP contribution in [0.4, 0.5) is 0 Å². The third-order valence-corrected chi connectivity index (χ3v) is 2.76. The summed E-state index contributed by atoms with van der Waals surface area (Å²) in [6, 6.07) is 0. The Morgan fingerprint density at radius 3 is 2.67 bits per heavy atom. The molecule has 4 nitrogen and oxygen atoms in total. The number of methoxy groups -OCH3 is 2. The van der Waals surface area contributed by atoms with Crippen LogP contribution in [0, 0.1) is 5.92 Å². The van der Waals surface area contributed by atoms with Crippen LogP contribution in [0.2, 0.25) is 0 Å². The van der Waals surface area contributed by atoms with Gasteiger partial charge in [-0.1, -0.05) is 6.08 Å². The lowest BCUT2D eigenvalue weighted by Crippen LogP contribution is -2.58. The molecule has 4 heteroatoms. The van der Waals surface area contributed by atoms with Crippen LogP contribution in [0.15, 0.2) is 12.7 Å². The van der Waals surface area contributed by atoms with Crippen LogP contribution in [-0.4, -0.2) is 38.9 Å². The maximum atomic E-state index is 11.8. The smallest absolute Gasteiger partial charge is 0.328 e. The second kappa shape index (κ2) is 5.28. The minimum atomic E-state index is -0.683. The lowest BCUT2D eigenvalue weighted by atomic mass is 9.94. The highest BCUT2D eigenvalue weighted by atomic mass is 16.5. The molecule has 0 radical (unpaired) electrons. The Morgan fingerprint density at radius 2 is 2.27 bits per heavy atom. The number of hydrogen-bond donors (Lipinski definition) is 1. The summed E-state index contributed by atoms with van der Waals surface area (Å²) in [7, 11) is 3.00. The quantitative estimate of drug-likeness (QED) is 0.500. The van der Waals surface area contributed by atoms with E-state index in [1.165, 1.54) is 7.11 Å². The molecule has 0 amide bonds. The molecule has 1 rings (SSSR count). The topological polar surface area (TPSA) is 47.6 Å². The summed E-state index contributed by atoms with van der Waals surface area (Å²) < 4.78 is 9.98. The van der Waals surface area contributed by atoms with E-state index < -0.39 is 5.54 Å². The van der Waals surface area contributed by atoms with Crippen molar-refractivity contribution < 1.29 is 14.3 Å². The molecule has 1 N–H and O–H groups in total. The van der Waals surface area contributed by atoms with Gasteiger partial charge in [0.1, 0.15) is 5.54 Å². The summed E-state index contributed by atoms with van der Waals surface area (Å²) >= 11 is 0. The van der Waals surface area contributed by atoms with Gasteiger partial charge in [-0.05, 0) is 18.8 Å². The van der Waals surface area contributed by atoms with Gasteiger partial charge in [-0.3, -0.25) is 5.32 Å². The molecule has 1 atom stereocenters. The third kappa shape index (κ3) is 2.58. The van der Waals surface area contributed by atoms with E-state index in [0.717, 1.165) is 12.8 Å². The number of carbonyl (C=O) groups is 1. The van der Waals surface area contributed by atoms with Gasteiger partial charge in [-0.25, -0.2) is 4.79 Å². The highest BCUT2D eigenvalue weighted by Gasteiger charge is 2.51. The SMILES string of the molecule is C=CCNC(COC)(C(=O)OC)C1CC1. The van der Waals surface area contributed by atoms with E-state index in [1.807, 2.05) is 0 Å². The van der Waals surface area contributed by atoms with Gasteiger partial charge in [0.2, 0.25) is 0 Å². The number of esters is 1. The number of hydrogen-bond acceptors (Lipinski definition) is 4. The number of carbonyl (C=O) groups excluding carboxylic acids is 1. The van der Waals surface area contributed by atoms with Gasteiger partial charge in [0.15, 0.2) is 0 Å². The van der Waals surface area contributed by atoms with Gasteiger partial charge in [-0.2, -0.15) is 0 Å². The van der Waals surface area contributed by atoms with Crippen molar-refractivity contribution in [3.05, 3.63) is 12.7 Å². The van der Waals surface area contributed by atoms with Gasteiger partial charge in [0, 0.05) is 13.7 Å². The van der Waals surface area contributed by atoms with Crippen LogP contribution in [0.1, 0.15) is 12.8 Å². The predicted octanol–water partition coefficient (Wildman–Crippen LogP) is 0.730. The van der Waals surface area contributed by atoms with Crippen LogP contribution < -0.4 is 5.32 Å². The Bertz CT molecular complexity index is 238. The second-order valence-electron chi connectivity index (χ2n) is 3.84. The Labute approximate surface area is 90.6 Å². The zero-order chi connectivity index (χ0) is 11.3. The zero-order valence-corrected chi connectivity index (χ0v) is 9.41. The number of ether oxygens (including phenoxy) is 2. The van der Waals surface area contributed by atoms with Crippen LogP contribution >= 0.6 is 0 Å². The van der Waals surface area contributed by atoms with Gasteiger partial charge in [-0.15, -0.1) is 6.58 Å². The molecule has 15 heavy (non-hydrogen) atoms. The monoisotopic (exact) mass is 213 g/mol.